The molecule has 0 aliphatic rings. The summed E-state index contributed by atoms with van der Waals surface area (Å²) in [5.74, 6) is 2.62. The zero-order valence-corrected chi connectivity index (χ0v) is 21.6. The minimum Gasteiger partial charge on any atom is -0.462 e. The van der Waals surface area contributed by atoms with Gasteiger partial charge in [0.25, 0.3) is 0 Å². The lowest BCUT2D eigenvalue weighted by atomic mass is 10.0. The highest BCUT2D eigenvalue weighted by Gasteiger charge is 2.08. The van der Waals surface area contributed by atoms with Crippen molar-refractivity contribution in [2.24, 2.45) is 0 Å². The van der Waals surface area contributed by atoms with Crippen LogP contribution in [0.15, 0.2) is 128 Å². The predicted octanol–water partition coefficient (Wildman–Crippen LogP) is 9.29. The number of ketones is 1. The summed E-state index contributed by atoms with van der Waals surface area (Å²) in [4.78, 5) is 12.6. The molecule has 0 aliphatic heterocycles. The van der Waals surface area contributed by atoms with E-state index in [0.717, 1.165) is 5.75 Å². The molecular formula is C31H40O3. The molecule has 0 atom stereocenters. The SMILES string of the molecule is C=C.C=C/C=C(\C=C)Oc1ccc(C(=O)/C(C)=C/C=C(\C)Oc2ccccc2)cc1.CC.CC. The van der Waals surface area contributed by atoms with Gasteiger partial charge in [0.15, 0.2) is 5.78 Å². The summed E-state index contributed by atoms with van der Waals surface area (Å²) < 4.78 is 11.4. The molecule has 0 saturated carbocycles. The number of hydrogen-bond donors (Lipinski definition) is 0. The number of allylic oxidation sites excluding steroid dienone is 7. The Bertz CT molecular complexity index is 930. The molecule has 0 aromatic heterocycles. The molecule has 2 rings (SSSR count). The number of ether oxygens (including phenoxy) is 2. The molecule has 2 aromatic rings. The van der Waals surface area contributed by atoms with Gasteiger partial charge in [0.1, 0.15) is 23.0 Å². The Labute approximate surface area is 207 Å². The van der Waals surface area contributed by atoms with Crippen molar-refractivity contribution in [1.82, 2.24) is 0 Å². The van der Waals surface area contributed by atoms with Crippen LogP contribution < -0.4 is 9.47 Å². The highest BCUT2D eigenvalue weighted by molar-refractivity contribution is 6.08. The van der Waals surface area contributed by atoms with E-state index in [2.05, 4.69) is 26.3 Å². The Morgan fingerprint density at radius 2 is 1.26 bits per heavy atom. The predicted molar refractivity (Wildman–Crippen MR) is 148 cm³/mol. The van der Waals surface area contributed by atoms with Crippen LogP contribution in [0.1, 0.15) is 51.9 Å². The second-order valence-corrected chi connectivity index (χ2v) is 6.01. The van der Waals surface area contributed by atoms with Gasteiger partial charge in [-0.15, -0.1) is 13.2 Å². The average molecular weight is 461 g/mol. The van der Waals surface area contributed by atoms with Gasteiger partial charge in [0.05, 0.1) is 0 Å². The first kappa shape index (κ1) is 32.3. The maximum absolute atomic E-state index is 12.6. The topological polar surface area (TPSA) is 35.5 Å². The fraction of sp³-hybridized carbons (Fsp3) is 0.194. The van der Waals surface area contributed by atoms with Crippen LogP contribution in [0.5, 0.6) is 11.5 Å². The summed E-state index contributed by atoms with van der Waals surface area (Å²) in [5, 5.41) is 0. The Kier molecular flexibility index (Phi) is 20.0. The highest BCUT2D eigenvalue weighted by Crippen LogP contribution is 2.18. The summed E-state index contributed by atoms with van der Waals surface area (Å²) in [6.45, 7) is 24.9. The van der Waals surface area contributed by atoms with Gasteiger partial charge in [0, 0.05) is 5.56 Å². The van der Waals surface area contributed by atoms with Crippen LogP contribution in [0.4, 0.5) is 0 Å². The van der Waals surface area contributed by atoms with Gasteiger partial charge >= 0.3 is 0 Å². The second kappa shape index (κ2) is 21.0. The van der Waals surface area contributed by atoms with E-state index < -0.39 is 0 Å². The molecule has 0 radical (unpaired) electrons. The van der Waals surface area contributed by atoms with Crippen LogP contribution in [-0.4, -0.2) is 5.78 Å². The Morgan fingerprint density at radius 3 is 1.76 bits per heavy atom. The third-order valence-corrected chi connectivity index (χ3v) is 3.78. The lowest BCUT2D eigenvalue weighted by molar-refractivity contribution is 0.103. The van der Waals surface area contributed by atoms with Crippen LogP contribution in [0.3, 0.4) is 0 Å². The Hall–Kier alpha value is -3.85. The van der Waals surface area contributed by atoms with E-state index in [4.69, 9.17) is 9.47 Å². The molecule has 0 N–H and O–H groups in total. The minimum absolute atomic E-state index is 0.0547. The summed E-state index contributed by atoms with van der Waals surface area (Å²) in [5.41, 5.74) is 1.20. The summed E-state index contributed by atoms with van der Waals surface area (Å²) in [7, 11) is 0. The molecule has 0 saturated heterocycles. The summed E-state index contributed by atoms with van der Waals surface area (Å²) >= 11 is 0. The molecule has 0 spiro atoms. The molecule has 0 amide bonds. The fourth-order valence-corrected chi connectivity index (χ4v) is 2.32. The van der Waals surface area contributed by atoms with Crippen LogP contribution in [0.25, 0.3) is 0 Å². The van der Waals surface area contributed by atoms with Gasteiger partial charge in [-0.3, -0.25) is 4.79 Å². The van der Waals surface area contributed by atoms with E-state index in [-0.39, 0.29) is 5.78 Å². The number of carbonyl (C=O) groups is 1. The molecule has 0 unspecified atom stereocenters. The normalized spacial score (nSPS) is 10.6. The molecule has 2 aromatic carbocycles. The van der Waals surface area contributed by atoms with E-state index in [0.29, 0.717) is 28.4 Å². The maximum atomic E-state index is 12.6. The van der Waals surface area contributed by atoms with Crippen molar-refractivity contribution in [2.45, 2.75) is 41.5 Å². The second-order valence-electron chi connectivity index (χ2n) is 6.01. The first-order valence-corrected chi connectivity index (χ1v) is 11.4. The number of benzene rings is 2. The molecule has 3 nitrogen and oxygen atoms in total. The Balaban J connectivity index is 0. The molecule has 0 aliphatic carbocycles. The Morgan fingerprint density at radius 1 is 0.735 bits per heavy atom. The zero-order chi connectivity index (χ0) is 26.4. The largest absolute Gasteiger partial charge is 0.462 e. The minimum atomic E-state index is -0.0547. The number of Topliss-reactive ketones (excluding diaryl/α,β-unsaturated/α-hetero) is 1. The lowest BCUT2D eigenvalue weighted by Crippen LogP contribution is -2.01. The van der Waals surface area contributed by atoms with Gasteiger partial charge in [-0.2, -0.15) is 0 Å². The number of rotatable bonds is 9. The van der Waals surface area contributed by atoms with Crippen molar-refractivity contribution >= 4 is 5.78 Å². The number of hydrogen-bond acceptors (Lipinski definition) is 3. The van der Waals surface area contributed by atoms with E-state index in [1.54, 1.807) is 61.6 Å². The van der Waals surface area contributed by atoms with Crippen LogP contribution >= 0.6 is 0 Å². The standard InChI is InChI=1S/C25H24O3.2C2H6.C2H4/c1-5-10-22(6-2)28-24-17-15-21(16-18-24)25(26)19(3)13-14-20(4)27-23-11-8-7-9-12-23;3*1-2/h5-18H,1-2H2,3-4H3;2*1-2H3;1-2H2/b19-13+,20-14+,22-10+;;;. The van der Waals surface area contributed by atoms with E-state index >= 15 is 0 Å². The quantitative estimate of drug-likeness (QED) is 0.123. The van der Waals surface area contributed by atoms with E-state index in [1.165, 1.54) is 0 Å². The third-order valence-electron chi connectivity index (χ3n) is 3.78. The fourth-order valence-electron chi connectivity index (χ4n) is 2.32. The van der Waals surface area contributed by atoms with Crippen molar-refractivity contribution in [3.63, 3.8) is 0 Å². The molecule has 0 fully saturated rings. The first-order chi connectivity index (χ1) is 16.5. The molecule has 0 heterocycles. The monoisotopic (exact) mass is 460 g/mol. The maximum Gasteiger partial charge on any atom is 0.188 e. The van der Waals surface area contributed by atoms with Gasteiger partial charge in [-0.1, -0.05) is 71.2 Å². The lowest BCUT2D eigenvalue weighted by Gasteiger charge is -2.07. The molecular weight excluding hydrogens is 420 g/mol. The van der Waals surface area contributed by atoms with Crippen molar-refractivity contribution in [2.75, 3.05) is 0 Å². The van der Waals surface area contributed by atoms with Gasteiger partial charge in [-0.25, -0.2) is 0 Å². The average Bonchev–Trinajstić information content (AvgIpc) is 2.91. The number of carbonyl (C=O) groups excluding carboxylic acids is 1. The van der Waals surface area contributed by atoms with E-state index in [1.807, 2.05) is 65.0 Å². The van der Waals surface area contributed by atoms with Crippen molar-refractivity contribution in [3.05, 3.63) is 134 Å². The van der Waals surface area contributed by atoms with E-state index in [9.17, 15) is 4.79 Å². The number of para-hydroxylation sites is 1. The van der Waals surface area contributed by atoms with Crippen molar-refractivity contribution < 1.29 is 14.3 Å². The molecule has 0 bridgehead atoms. The zero-order valence-electron chi connectivity index (χ0n) is 21.6. The smallest absolute Gasteiger partial charge is 0.188 e. The van der Waals surface area contributed by atoms with Crippen molar-refractivity contribution in [3.8, 4) is 11.5 Å². The van der Waals surface area contributed by atoms with Gasteiger partial charge in [0.2, 0.25) is 0 Å². The van der Waals surface area contributed by atoms with Gasteiger partial charge < -0.3 is 9.47 Å². The van der Waals surface area contributed by atoms with Gasteiger partial charge in [-0.05, 0) is 74.0 Å². The molecule has 34 heavy (non-hydrogen) atoms. The van der Waals surface area contributed by atoms with Crippen LogP contribution in [-0.2, 0) is 0 Å². The molecule has 3 heteroatoms. The van der Waals surface area contributed by atoms with Crippen LogP contribution in [0, 0.1) is 0 Å². The summed E-state index contributed by atoms with van der Waals surface area (Å²) in [6.07, 6.45) is 8.48. The summed E-state index contributed by atoms with van der Waals surface area (Å²) in [6, 6.07) is 16.5. The third kappa shape index (κ3) is 12.9. The first-order valence-electron chi connectivity index (χ1n) is 11.4. The van der Waals surface area contributed by atoms with Crippen molar-refractivity contribution in [1.29, 1.82) is 0 Å². The molecule has 182 valence electrons. The highest BCUT2D eigenvalue weighted by atomic mass is 16.5. The van der Waals surface area contributed by atoms with Crippen LogP contribution in [0.2, 0.25) is 0 Å².